The molecule has 2 heterocycles. The number of β-amino-alcohol motifs (C(OH)–C–C–N with tert-alkyl or cyclic N) is 1. The average molecular weight is 517 g/mol. The van der Waals surface area contributed by atoms with Gasteiger partial charge in [0.05, 0.1) is 12.1 Å². The molecule has 0 radical (unpaired) electrons. The molecule has 2 aliphatic rings. The van der Waals surface area contributed by atoms with Crippen LogP contribution in [0.1, 0.15) is 68.2 Å². The highest BCUT2D eigenvalue weighted by atomic mass is 19.4. The van der Waals surface area contributed by atoms with Gasteiger partial charge in [0.2, 0.25) is 0 Å². The minimum atomic E-state index is -4.32. The van der Waals surface area contributed by atoms with Gasteiger partial charge < -0.3 is 19.6 Å². The molecule has 4 rings (SSSR count). The van der Waals surface area contributed by atoms with Crippen molar-refractivity contribution in [2.75, 3.05) is 26.2 Å². The van der Waals surface area contributed by atoms with Gasteiger partial charge in [-0.3, -0.25) is 0 Å². The van der Waals surface area contributed by atoms with Crippen molar-refractivity contribution in [3.63, 3.8) is 0 Å². The first-order chi connectivity index (χ1) is 17.2. The topological polar surface area (TPSA) is 53.0 Å². The van der Waals surface area contributed by atoms with E-state index in [0.29, 0.717) is 13.0 Å². The summed E-state index contributed by atoms with van der Waals surface area (Å²) in [5, 5.41) is 11.2. The summed E-state index contributed by atoms with van der Waals surface area (Å²) < 4.78 is 44.0. The third kappa shape index (κ3) is 6.29. The number of benzene rings is 2. The number of halogens is 3. The second-order valence-corrected chi connectivity index (χ2v) is 11.1. The van der Waals surface area contributed by atoms with Gasteiger partial charge in [0.25, 0.3) is 0 Å². The highest BCUT2D eigenvalue weighted by Gasteiger charge is 2.41. The second-order valence-electron chi connectivity index (χ2n) is 11.1. The van der Waals surface area contributed by atoms with Gasteiger partial charge >= 0.3 is 12.3 Å². The lowest BCUT2D eigenvalue weighted by Gasteiger charge is -2.35. The summed E-state index contributed by atoms with van der Waals surface area (Å²) >= 11 is 0. The van der Waals surface area contributed by atoms with E-state index in [1.807, 2.05) is 45.0 Å². The highest BCUT2D eigenvalue weighted by Crippen LogP contribution is 2.36. The molecule has 0 spiro atoms. The normalized spacial score (nSPS) is 21.3. The molecule has 1 N–H and O–H groups in total. The number of nitrogens with zero attached hydrogens (tertiary/aromatic N) is 2. The third-order valence-corrected chi connectivity index (χ3v) is 7.24. The molecule has 0 saturated carbocycles. The van der Waals surface area contributed by atoms with Gasteiger partial charge in [-0.1, -0.05) is 43.0 Å². The van der Waals surface area contributed by atoms with E-state index in [9.17, 15) is 23.1 Å². The number of aliphatic hydroxyl groups is 1. The van der Waals surface area contributed by atoms with Crippen LogP contribution in [0.25, 0.3) is 5.70 Å². The number of hydrogen-bond donors (Lipinski definition) is 1. The fourth-order valence-corrected chi connectivity index (χ4v) is 5.09. The fourth-order valence-electron chi connectivity index (χ4n) is 5.09. The summed E-state index contributed by atoms with van der Waals surface area (Å²) in [7, 11) is 0. The van der Waals surface area contributed by atoms with Crippen molar-refractivity contribution in [3.05, 3.63) is 77.4 Å². The van der Waals surface area contributed by atoms with Crippen LogP contribution in [0.5, 0.6) is 0 Å². The van der Waals surface area contributed by atoms with Gasteiger partial charge in [0.15, 0.2) is 0 Å². The Labute approximate surface area is 216 Å². The van der Waals surface area contributed by atoms with Gasteiger partial charge in [-0.2, -0.15) is 13.2 Å². The van der Waals surface area contributed by atoms with Gasteiger partial charge in [-0.05, 0) is 74.8 Å². The maximum absolute atomic E-state index is 12.8. The lowest BCUT2D eigenvalue weighted by molar-refractivity contribution is -0.137. The summed E-state index contributed by atoms with van der Waals surface area (Å²) in [6, 6.07) is 13.1. The molecule has 0 aromatic heterocycles. The molecule has 8 heteroatoms. The van der Waals surface area contributed by atoms with Crippen molar-refractivity contribution < 1.29 is 27.8 Å². The Morgan fingerprint density at radius 2 is 1.57 bits per heavy atom. The molecule has 1 amide bonds. The Balaban J connectivity index is 1.33. The van der Waals surface area contributed by atoms with E-state index < -0.39 is 29.0 Å². The molecule has 2 saturated heterocycles. The van der Waals surface area contributed by atoms with E-state index in [1.165, 1.54) is 0 Å². The summed E-state index contributed by atoms with van der Waals surface area (Å²) in [6.07, 6.45) is -2.64. The molecular weight excluding hydrogens is 481 g/mol. The van der Waals surface area contributed by atoms with E-state index in [0.717, 1.165) is 60.5 Å². The number of piperidine rings is 1. The van der Waals surface area contributed by atoms with Crippen molar-refractivity contribution in [1.82, 2.24) is 9.80 Å². The summed E-state index contributed by atoms with van der Waals surface area (Å²) in [5.41, 5.74) is 1.17. The molecule has 37 heavy (non-hydrogen) atoms. The Morgan fingerprint density at radius 1 is 0.973 bits per heavy atom. The van der Waals surface area contributed by atoms with E-state index in [-0.39, 0.29) is 12.5 Å². The van der Waals surface area contributed by atoms with Gasteiger partial charge in [0, 0.05) is 25.3 Å². The van der Waals surface area contributed by atoms with Gasteiger partial charge in [-0.25, -0.2) is 4.79 Å². The largest absolute Gasteiger partial charge is 0.444 e. The zero-order valence-electron chi connectivity index (χ0n) is 21.6. The maximum Gasteiger partial charge on any atom is 0.416 e. The van der Waals surface area contributed by atoms with E-state index >= 15 is 0 Å². The smallest absolute Gasteiger partial charge is 0.416 e. The molecular formula is C29H35F3N2O3. The molecule has 2 aliphatic heterocycles. The molecule has 2 aromatic rings. The Bertz CT molecular complexity index is 1120. The van der Waals surface area contributed by atoms with Gasteiger partial charge in [-0.15, -0.1) is 0 Å². The predicted molar refractivity (Wildman–Crippen MR) is 137 cm³/mol. The van der Waals surface area contributed by atoms with E-state index in [1.54, 1.807) is 17.0 Å². The lowest BCUT2D eigenvalue weighted by atomic mass is 9.88. The Kier molecular flexibility index (Phi) is 7.34. The summed E-state index contributed by atoms with van der Waals surface area (Å²) in [5.74, 6) is 0.221. The number of alkyl halides is 3. The average Bonchev–Trinajstić information content (AvgIpc) is 3.26. The number of likely N-dealkylation sites (tertiary alicyclic amines) is 2. The highest BCUT2D eigenvalue weighted by molar-refractivity contribution is 5.69. The number of carbonyl (C=O) groups excluding carboxylic acids is 1. The van der Waals surface area contributed by atoms with Crippen LogP contribution in [0.15, 0.2) is 55.1 Å². The number of carbonyl (C=O) groups is 1. The quantitative estimate of drug-likeness (QED) is 0.512. The predicted octanol–water partition coefficient (Wildman–Crippen LogP) is 6.38. The number of hydrogen-bond acceptors (Lipinski definition) is 4. The lowest BCUT2D eigenvalue weighted by Crippen LogP contribution is -2.38. The van der Waals surface area contributed by atoms with Crippen molar-refractivity contribution in [3.8, 4) is 0 Å². The fraction of sp³-hybridized carbons (Fsp3) is 0.483. The Hall–Kier alpha value is -3.00. The van der Waals surface area contributed by atoms with Crippen molar-refractivity contribution in [2.45, 2.75) is 63.3 Å². The Morgan fingerprint density at radius 3 is 2.11 bits per heavy atom. The summed E-state index contributed by atoms with van der Waals surface area (Å²) in [4.78, 5) is 16.1. The number of rotatable bonds is 4. The van der Waals surface area contributed by atoms with Crippen LogP contribution in [0, 0.1) is 0 Å². The van der Waals surface area contributed by atoms with Crippen LogP contribution in [-0.2, 0) is 16.5 Å². The van der Waals surface area contributed by atoms with Crippen molar-refractivity contribution in [1.29, 1.82) is 0 Å². The zero-order chi connectivity index (χ0) is 27.0. The maximum atomic E-state index is 12.8. The third-order valence-electron chi connectivity index (χ3n) is 7.24. The van der Waals surface area contributed by atoms with Crippen LogP contribution in [0.2, 0.25) is 0 Å². The molecule has 200 valence electrons. The van der Waals surface area contributed by atoms with Crippen LogP contribution in [0.3, 0.4) is 0 Å². The monoisotopic (exact) mass is 516 g/mol. The summed E-state index contributed by atoms with van der Waals surface area (Å²) in [6.45, 7) is 11.8. The van der Waals surface area contributed by atoms with Crippen LogP contribution < -0.4 is 0 Å². The molecule has 1 atom stereocenters. The first-order valence-corrected chi connectivity index (χ1v) is 12.7. The number of amides is 1. The molecule has 5 nitrogen and oxygen atoms in total. The van der Waals surface area contributed by atoms with E-state index in [2.05, 4.69) is 11.5 Å². The van der Waals surface area contributed by atoms with Crippen molar-refractivity contribution in [2.24, 2.45) is 0 Å². The van der Waals surface area contributed by atoms with Crippen molar-refractivity contribution >= 4 is 11.8 Å². The van der Waals surface area contributed by atoms with E-state index in [4.69, 9.17) is 4.74 Å². The first kappa shape index (κ1) is 27.0. The van der Waals surface area contributed by atoms with Gasteiger partial charge in [0.1, 0.15) is 11.2 Å². The standard InChI is InChI=1S/C29H35F3N2O3/c1-20(33-16-13-23(14-17-33)22-7-11-25(12-8-22)29(30,31)32)21-5-9-24(10-6-21)28(36)15-18-34(19-28)26(35)37-27(2,3)4/h5-12,23,36H,1,13-19H2,2-4H3. The van der Waals surface area contributed by atoms with Crippen LogP contribution in [-0.4, -0.2) is 52.8 Å². The minimum Gasteiger partial charge on any atom is -0.444 e. The molecule has 2 fully saturated rings. The molecule has 0 aliphatic carbocycles. The molecule has 2 aromatic carbocycles. The zero-order valence-corrected chi connectivity index (χ0v) is 21.6. The number of ether oxygens (including phenoxy) is 1. The van der Waals surface area contributed by atoms with Crippen LogP contribution in [0.4, 0.5) is 18.0 Å². The van der Waals surface area contributed by atoms with Crippen LogP contribution >= 0.6 is 0 Å². The molecule has 1 unspecified atom stereocenters. The minimum absolute atomic E-state index is 0.180. The first-order valence-electron chi connectivity index (χ1n) is 12.7. The molecule has 0 bridgehead atoms. The second kappa shape index (κ2) is 10.0. The SMILES string of the molecule is C=C(c1ccc(C2(O)CCN(C(=O)OC(C)(C)C)C2)cc1)N1CCC(c2ccc(C(F)(F)F)cc2)CC1.